The number of aryl methyl sites for hydroxylation is 1. The van der Waals surface area contributed by atoms with E-state index in [1.807, 2.05) is 24.3 Å². The monoisotopic (exact) mass is 259 g/mol. The van der Waals surface area contributed by atoms with Crippen LogP contribution in [0.3, 0.4) is 0 Å². The number of anilines is 1. The maximum atomic E-state index is 11.5. The first kappa shape index (κ1) is 13.3. The summed E-state index contributed by atoms with van der Waals surface area (Å²) in [6.07, 6.45) is 2.82. The molecule has 0 bridgehead atoms. The third-order valence-corrected chi connectivity index (χ3v) is 2.68. The molecule has 19 heavy (non-hydrogen) atoms. The topological polar surface area (TPSA) is 81.2 Å². The minimum Gasteiger partial charge on any atom is -0.441 e. The smallest absolute Gasteiger partial charge is 0.224 e. The molecule has 2 aromatic rings. The third-order valence-electron chi connectivity index (χ3n) is 2.68. The number of aromatic nitrogens is 1. The summed E-state index contributed by atoms with van der Waals surface area (Å²) in [5.41, 5.74) is 7.06. The van der Waals surface area contributed by atoms with Gasteiger partial charge in [0.15, 0.2) is 11.7 Å². The number of benzene rings is 1. The quantitative estimate of drug-likeness (QED) is 0.863. The lowest BCUT2D eigenvalue weighted by Gasteiger charge is -2.05. The summed E-state index contributed by atoms with van der Waals surface area (Å²) in [5, 5.41) is 2.82. The van der Waals surface area contributed by atoms with Gasteiger partial charge in [0.1, 0.15) is 0 Å². The Labute approximate surface area is 111 Å². The van der Waals surface area contributed by atoms with E-state index < -0.39 is 0 Å². The molecular formula is C14H17N3O2. The van der Waals surface area contributed by atoms with E-state index in [0.29, 0.717) is 25.3 Å². The van der Waals surface area contributed by atoms with Crippen LogP contribution in [0.2, 0.25) is 0 Å². The molecule has 100 valence electrons. The number of carbonyl (C=O) groups excluding carboxylic acids is 1. The van der Waals surface area contributed by atoms with Gasteiger partial charge in [-0.2, -0.15) is 0 Å². The minimum absolute atomic E-state index is 0.0197. The van der Waals surface area contributed by atoms with E-state index in [-0.39, 0.29) is 5.91 Å². The van der Waals surface area contributed by atoms with Crippen molar-refractivity contribution in [3.63, 3.8) is 0 Å². The lowest BCUT2D eigenvalue weighted by Crippen LogP contribution is -2.13. The molecule has 0 aliphatic carbocycles. The molecule has 3 N–H and O–H groups in total. The van der Waals surface area contributed by atoms with Crippen LogP contribution in [0.5, 0.6) is 0 Å². The van der Waals surface area contributed by atoms with Gasteiger partial charge in [-0.25, -0.2) is 4.98 Å². The number of amides is 1. The third kappa shape index (κ3) is 3.66. The van der Waals surface area contributed by atoms with Crippen molar-refractivity contribution in [2.45, 2.75) is 19.8 Å². The lowest BCUT2D eigenvalue weighted by atomic mass is 10.1. The highest BCUT2D eigenvalue weighted by molar-refractivity contribution is 5.90. The number of hydrogen-bond donors (Lipinski definition) is 2. The Morgan fingerprint density at radius 2 is 2.11 bits per heavy atom. The molecule has 1 aromatic heterocycles. The highest BCUT2D eigenvalue weighted by Gasteiger charge is 2.05. The van der Waals surface area contributed by atoms with Gasteiger partial charge in [-0.3, -0.25) is 4.79 Å². The van der Waals surface area contributed by atoms with Crippen LogP contribution in [0.15, 0.2) is 34.9 Å². The van der Waals surface area contributed by atoms with E-state index >= 15 is 0 Å². The van der Waals surface area contributed by atoms with Crippen LogP contribution in [-0.4, -0.2) is 17.4 Å². The van der Waals surface area contributed by atoms with E-state index in [1.54, 1.807) is 13.1 Å². The summed E-state index contributed by atoms with van der Waals surface area (Å²) in [7, 11) is 0. The summed E-state index contributed by atoms with van der Waals surface area (Å²) in [5.74, 6) is 1.33. The van der Waals surface area contributed by atoms with Crippen molar-refractivity contribution in [1.82, 2.24) is 4.98 Å². The summed E-state index contributed by atoms with van der Waals surface area (Å²) >= 11 is 0. The molecule has 5 nitrogen and oxygen atoms in total. The first-order valence-electron chi connectivity index (χ1n) is 6.22. The number of nitrogens with zero attached hydrogens (tertiary/aromatic N) is 1. The van der Waals surface area contributed by atoms with Crippen LogP contribution in [0.25, 0.3) is 11.3 Å². The lowest BCUT2D eigenvalue weighted by molar-refractivity contribution is -0.116. The van der Waals surface area contributed by atoms with Crippen molar-refractivity contribution in [2.24, 2.45) is 5.73 Å². The molecule has 1 aromatic carbocycles. The van der Waals surface area contributed by atoms with E-state index in [0.717, 1.165) is 17.0 Å². The Morgan fingerprint density at radius 1 is 1.37 bits per heavy atom. The van der Waals surface area contributed by atoms with Gasteiger partial charge in [-0.05, 0) is 37.2 Å². The van der Waals surface area contributed by atoms with Crippen LogP contribution >= 0.6 is 0 Å². The van der Waals surface area contributed by atoms with Gasteiger partial charge in [-0.15, -0.1) is 0 Å². The second-order valence-corrected chi connectivity index (χ2v) is 4.26. The van der Waals surface area contributed by atoms with Crippen molar-refractivity contribution in [3.8, 4) is 11.3 Å². The Morgan fingerprint density at radius 3 is 2.68 bits per heavy atom. The predicted molar refractivity (Wildman–Crippen MR) is 73.6 cm³/mol. The van der Waals surface area contributed by atoms with Crippen molar-refractivity contribution in [1.29, 1.82) is 0 Å². The van der Waals surface area contributed by atoms with E-state index in [9.17, 15) is 4.79 Å². The molecule has 0 aliphatic heterocycles. The van der Waals surface area contributed by atoms with Crippen molar-refractivity contribution in [2.75, 3.05) is 11.9 Å². The molecular weight excluding hydrogens is 242 g/mol. The summed E-state index contributed by atoms with van der Waals surface area (Å²) in [4.78, 5) is 15.6. The molecule has 0 atom stereocenters. The Hall–Kier alpha value is -2.14. The summed E-state index contributed by atoms with van der Waals surface area (Å²) in [6, 6.07) is 7.46. The molecule has 0 saturated carbocycles. The molecule has 0 aliphatic rings. The Bertz CT molecular complexity index is 546. The molecule has 1 amide bonds. The number of hydrogen-bond acceptors (Lipinski definition) is 4. The largest absolute Gasteiger partial charge is 0.441 e. The highest BCUT2D eigenvalue weighted by Crippen LogP contribution is 2.22. The Balaban J connectivity index is 2.00. The standard InChI is InChI=1S/C14H17N3O2/c1-10-16-9-13(19-10)11-4-6-12(7-5-11)17-14(18)3-2-8-15/h4-7,9H,2-3,8,15H2,1H3,(H,17,18). The normalized spacial score (nSPS) is 10.4. The van der Waals surface area contributed by atoms with Crippen LogP contribution in [0.4, 0.5) is 5.69 Å². The average Bonchev–Trinajstić information content (AvgIpc) is 2.84. The molecule has 0 radical (unpaired) electrons. The zero-order valence-corrected chi connectivity index (χ0v) is 10.8. The zero-order valence-electron chi connectivity index (χ0n) is 10.8. The van der Waals surface area contributed by atoms with Crippen LogP contribution in [-0.2, 0) is 4.79 Å². The fourth-order valence-electron chi connectivity index (χ4n) is 1.70. The molecule has 0 fully saturated rings. The number of carbonyl (C=O) groups is 1. The number of nitrogens with two attached hydrogens (primary N) is 1. The first-order valence-corrected chi connectivity index (χ1v) is 6.22. The molecule has 0 saturated heterocycles. The zero-order chi connectivity index (χ0) is 13.7. The van der Waals surface area contributed by atoms with E-state index in [2.05, 4.69) is 10.3 Å². The van der Waals surface area contributed by atoms with Gasteiger partial charge in [0.2, 0.25) is 5.91 Å². The summed E-state index contributed by atoms with van der Waals surface area (Å²) < 4.78 is 5.43. The molecule has 2 rings (SSSR count). The first-order chi connectivity index (χ1) is 9.19. The average molecular weight is 259 g/mol. The molecule has 5 heteroatoms. The van der Waals surface area contributed by atoms with Crippen molar-refractivity contribution < 1.29 is 9.21 Å². The van der Waals surface area contributed by atoms with E-state index in [4.69, 9.17) is 10.2 Å². The number of rotatable bonds is 5. The van der Waals surface area contributed by atoms with E-state index in [1.165, 1.54) is 0 Å². The second kappa shape index (κ2) is 6.15. The predicted octanol–water partition coefficient (Wildman–Crippen LogP) is 2.33. The molecule has 1 heterocycles. The number of oxazole rings is 1. The minimum atomic E-state index is -0.0197. The van der Waals surface area contributed by atoms with Gasteiger partial charge in [-0.1, -0.05) is 0 Å². The van der Waals surface area contributed by atoms with Crippen LogP contribution < -0.4 is 11.1 Å². The van der Waals surface area contributed by atoms with Gasteiger partial charge in [0, 0.05) is 24.6 Å². The number of nitrogens with one attached hydrogen (secondary N) is 1. The van der Waals surface area contributed by atoms with Crippen molar-refractivity contribution >= 4 is 11.6 Å². The second-order valence-electron chi connectivity index (χ2n) is 4.26. The maximum Gasteiger partial charge on any atom is 0.224 e. The van der Waals surface area contributed by atoms with Crippen LogP contribution in [0.1, 0.15) is 18.7 Å². The molecule has 0 spiro atoms. The van der Waals surface area contributed by atoms with Gasteiger partial charge in [0.05, 0.1) is 6.20 Å². The Kier molecular flexibility index (Phi) is 4.30. The fraction of sp³-hybridized carbons (Fsp3) is 0.286. The van der Waals surface area contributed by atoms with Gasteiger partial charge < -0.3 is 15.5 Å². The maximum absolute atomic E-state index is 11.5. The van der Waals surface area contributed by atoms with Crippen LogP contribution in [0, 0.1) is 6.92 Å². The van der Waals surface area contributed by atoms with Crippen molar-refractivity contribution in [3.05, 3.63) is 36.4 Å². The fourth-order valence-corrected chi connectivity index (χ4v) is 1.70. The van der Waals surface area contributed by atoms with Gasteiger partial charge in [0.25, 0.3) is 0 Å². The SMILES string of the molecule is Cc1ncc(-c2ccc(NC(=O)CCCN)cc2)o1. The highest BCUT2D eigenvalue weighted by atomic mass is 16.4. The molecule has 0 unspecified atom stereocenters. The summed E-state index contributed by atoms with van der Waals surface area (Å²) in [6.45, 7) is 2.33. The van der Waals surface area contributed by atoms with Gasteiger partial charge >= 0.3 is 0 Å².